The van der Waals surface area contributed by atoms with Crippen LogP contribution in [0.3, 0.4) is 0 Å². The molecule has 3 rings (SSSR count). The van der Waals surface area contributed by atoms with Crippen LogP contribution in [0.5, 0.6) is 0 Å². The van der Waals surface area contributed by atoms with E-state index < -0.39 is 0 Å². The number of benzene rings is 1. The van der Waals surface area contributed by atoms with Crippen LogP contribution in [0.1, 0.15) is 37.7 Å². The minimum absolute atomic E-state index is 0.0753. The van der Waals surface area contributed by atoms with Gasteiger partial charge in [-0.25, -0.2) is 0 Å². The predicted molar refractivity (Wildman–Crippen MR) is 89.0 cm³/mol. The van der Waals surface area contributed by atoms with Crippen molar-refractivity contribution in [3.05, 3.63) is 35.9 Å². The highest BCUT2D eigenvalue weighted by molar-refractivity contribution is 5.81. The summed E-state index contributed by atoms with van der Waals surface area (Å²) < 4.78 is 10.7. The van der Waals surface area contributed by atoms with E-state index in [0.717, 1.165) is 12.0 Å². The third kappa shape index (κ3) is 3.78. The van der Waals surface area contributed by atoms with Gasteiger partial charge in [0.05, 0.1) is 32.3 Å². The zero-order chi connectivity index (χ0) is 16.9. The summed E-state index contributed by atoms with van der Waals surface area (Å²) in [7, 11) is 1.34. The van der Waals surface area contributed by atoms with Crippen LogP contribution in [-0.4, -0.2) is 31.1 Å². The Kier molecular flexibility index (Phi) is 5.51. The van der Waals surface area contributed by atoms with Crippen molar-refractivity contribution >= 4 is 11.9 Å². The zero-order valence-corrected chi connectivity index (χ0v) is 14.1. The fraction of sp³-hybridized carbons (Fsp3) is 0.579. The lowest BCUT2D eigenvalue weighted by molar-refractivity contribution is -0.144. The molecule has 0 radical (unpaired) electrons. The van der Waals surface area contributed by atoms with Gasteiger partial charge in [0.1, 0.15) is 0 Å². The SMILES string of the molecule is COC(=O)CCC(=O)N[C@H]1[C@H]2CCC[C@H]2[C@H]1OCc1ccccc1. The highest BCUT2D eigenvalue weighted by Gasteiger charge is 2.53. The van der Waals surface area contributed by atoms with Crippen LogP contribution in [0.25, 0.3) is 0 Å². The maximum atomic E-state index is 12.1. The van der Waals surface area contributed by atoms with Gasteiger partial charge in [-0.15, -0.1) is 0 Å². The number of methoxy groups -OCH3 is 1. The Balaban J connectivity index is 1.52. The quantitative estimate of drug-likeness (QED) is 0.780. The molecule has 24 heavy (non-hydrogen) atoms. The van der Waals surface area contributed by atoms with E-state index in [1.165, 1.54) is 20.0 Å². The lowest BCUT2D eigenvalue weighted by Crippen LogP contribution is -2.62. The van der Waals surface area contributed by atoms with E-state index >= 15 is 0 Å². The molecule has 1 aromatic rings. The first-order valence-corrected chi connectivity index (χ1v) is 8.70. The van der Waals surface area contributed by atoms with Gasteiger partial charge in [0.25, 0.3) is 0 Å². The fourth-order valence-electron chi connectivity index (χ4n) is 3.99. The number of esters is 1. The van der Waals surface area contributed by atoms with Crippen LogP contribution < -0.4 is 5.32 Å². The Hall–Kier alpha value is -1.88. The number of hydrogen-bond donors (Lipinski definition) is 1. The Morgan fingerprint density at radius 3 is 2.62 bits per heavy atom. The van der Waals surface area contributed by atoms with E-state index in [9.17, 15) is 9.59 Å². The normalized spacial score (nSPS) is 27.9. The molecule has 0 heterocycles. The lowest BCUT2D eigenvalue weighted by Gasteiger charge is -2.48. The number of carbonyl (C=O) groups is 2. The van der Waals surface area contributed by atoms with E-state index in [4.69, 9.17) is 4.74 Å². The number of carbonyl (C=O) groups excluding carboxylic acids is 2. The van der Waals surface area contributed by atoms with Crippen molar-refractivity contribution in [3.8, 4) is 0 Å². The second kappa shape index (κ2) is 7.79. The third-order valence-electron chi connectivity index (χ3n) is 5.26. The zero-order valence-electron chi connectivity index (χ0n) is 14.1. The molecule has 5 heteroatoms. The monoisotopic (exact) mass is 331 g/mol. The standard InChI is InChI=1S/C19H25NO4/c1-23-17(22)11-10-16(21)20-18-14-8-5-9-15(14)19(18)24-12-13-6-3-2-4-7-13/h2-4,6-7,14-15,18-19H,5,8-12H2,1H3,(H,20,21)/t14-,15+,18-,19+/m0/s1. The largest absolute Gasteiger partial charge is 0.469 e. The van der Waals surface area contributed by atoms with Crippen molar-refractivity contribution in [1.29, 1.82) is 0 Å². The molecule has 4 atom stereocenters. The Morgan fingerprint density at radius 2 is 1.88 bits per heavy atom. The number of ether oxygens (including phenoxy) is 2. The van der Waals surface area contributed by atoms with Crippen molar-refractivity contribution < 1.29 is 19.1 Å². The minimum Gasteiger partial charge on any atom is -0.469 e. The lowest BCUT2D eigenvalue weighted by atomic mass is 9.68. The van der Waals surface area contributed by atoms with Gasteiger partial charge in [-0.3, -0.25) is 9.59 Å². The number of hydrogen-bond acceptors (Lipinski definition) is 4. The summed E-state index contributed by atoms with van der Waals surface area (Å²) >= 11 is 0. The molecule has 2 fully saturated rings. The number of fused-ring (bicyclic) bond motifs is 1. The van der Waals surface area contributed by atoms with Crippen molar-refractivity contribution in [3.63, 3.8) is 0 Å². The molecule has 130 valence electrons. The summed E-state index contributed by atoms with van der Waals surface area (Å²) in [4.78, 5) is 23.3. The number of nitrogens with one attached hydrogen (secondary N) is 1. The molecule has 2 saturated carbocycles. The number of rotatable bonds is 7. The summed E-state index contributed by atoms with van der Waals surface area (Å²) in [6, 6.07) is 10.2. The van der Waals surface area contributed by atoms with E-state index in [-0.39, 0.29) is 36.9 Å². The molecular weight excluding hydrogens is 306 g/mol. The average molecular weight is 331 g/mol. The van der Waals surface area contributed by atoms with Crippen LogP contribution in [-0.2, 0) is 25.7 Å². The van der Waals surface area contributed by atoms with Crippen molar-refractivity contribution in [2.24, 2.45) is 11.8 Å². The van der Waals surface area contributed by atoms with Gasteiger partial charge >= 0.3 is 5.97 Å². The fourth-order valence-corrected chi connectivity index (χ4v) is 3.99. The van der Waals surface area contributed by atoms with Gasteiger partial charge < -0.3 is 14.8 Å². The van der Waals surface area contributed by atoms with Gasteiger partial charge in [0.2, 0.25) is 5.91 Å². The number of amides is 1. The van der Waals surface area contributed by atoms with Gasteiger partial charge in [0, 0.05) is 6.42 Å². The van der Waals surface area contributed by atoms with Crippen LogP contribution in [0.2, 0.25) is 0 Å². The van der Waals surface area contributed by atoms with Crippen LogP contribution in [0, 0.1) is 11.8 Å². The molecule has 5 nitrogen and oxygen atoms in total. The van der Waals surface area contributed by atoms with E-state index in [0.29, 0.717) is 18.4 Å². The first-order chi connectivity index (χ1) is 11.7. The summed E-state index contributed by atoms with van der Waals surface area (Å²) in [6.45, 7) is 0.573. The van der Waals surface area contributed by atoms with Crippen molar-refractivity contribution in [2.75, 3.05) is 7.11 Å². The molecule has 1 N–H and O–H groups in total. The predicted octanol–water partition coefficient (Wildman–Crippen LogP) is 2.44. The van der Waals surface area contributed by atoms with E-state index in [2.05, 4.69) is 22.2 Å². The molecule has 0 bridgehead atoms. The molecule has 0 saturated heterocycles. The minimum atomic E-state index is -0.352. The first-order valence-electron chi connectivity index (χ1n) is 8.70. The first kappa shape index (κ1) is 17.0. The van der Waals surface area contributed by atoms with E-state index in [1.807, 2.05) is 18.2 Å². The molecule has 0 aromatic heterocycles. The van der Waals surface area contributed by atoms with Gasteiger partial charge in [-0.05, 0) is 30.2 Å². The van der Waals surface area contributed by atoms with E-state index in [1.54, 1.807) is 0 Å². The summed E-state index contributed by atoms with van der Waals surface area (Å²) in [5.41, 5.74) is 1.15. The summed E-state index contributed by atoms with van der Waals surface area (Å²) in [5.74, 6) is 0.630. The molecule has 2 aliphatic rings. The smallest absolute Gasteiger partial charge is 0.306 e. The van der Waals surface area contributed by atoms with Crippen LogP contribution >= 0.6 is 0 Å². The molecular formula is C19H25NO4. The second-order valence-corrected chi connectivity index (χ2v) is 6.69. The molecule has 2 aliphatic carbocycles. The second-order valence-electron chi connectivity index (χ2n) is 6.69. The maximum Gasteiger partial charge on any atom is 0.306 e. The highest BCUT2D eigenvalue weighted by atomic mass is 16.5. The molecule has 1 aromatic carbocycles. The van der Waals surface area contributed by atoms with Gasteiger partial charge in [0.15, 0.2) is 0 Å². The molecule has 1 amide bonds. The van der Waals surface area contributed by atoms with Crippen LogP contribution in [0.15, 0.2) is 30.3 Å². The highest BCUT2D eigenvalue weighted by Crippen LogP contribution is 2.48. The van der Waals surface area contributed by atoms with Crippen LogP contribution in [0.4, 0.5) is 0 Å². The molecule has 0 unspecified atom stereocenters. The van der Waals surface area contributed by atoms with Gasteiger partial charge in [-0.1, -0.05) is 36.8 Å². The topological polar surface area (TPSA) is 64.6 Å². The Labute approximate surface area is 142 Å². The summed E-state index contributed by atoms with van der Waals surface area (Å²) in [6.07, 6.45) is 3.91. The average Bonchev–Trinajstić information content (AvgIpc) is 3.03. The molecule has 0 spiro atoms. The van der Waals surface area contributed by atoms with Crippen molar-refractivity contribution in [1.82, 2.24) is 5.32 Å². The maximum absolute atomic E-state index is 12.1. The Bertz CT molecular complexity index is 574. The van der Waals surface area contributed by atoms with Crippen molar-refractivity contribution in [2.45, 2.75) is 50.9 Å². The Morgan fingerprint density at radius 1 is 1.12 bits per heavy atom. The summed E-state index contributed by atoms with van der Waals surface area (Å²) in [5, 5.41) is 3.08. The van der Waals surface area contributed by atoms with Gasteiger partial charge in [-0.2, -0.15) is 0 Å². The molecule has 0 aliphatic heterocycles. The third-order valence-corrected chi connectivity index (χ3v) is 5.26.